The highest BCUT2D eigenvalue weighted by Gasteiger charge is 2.29. The lowest BCUT2D eigenvalue weighted by atomic mass is 9.86. The van der Waals surface area contributed by atoms with E-state index in [-0.39, 0.29) is 34.0 Å². The van der Waals surface area contributed by atoms with Gasteiger partial charge in [-0.3, -0.25) is 14.4 Å². The minimum absolute atomic E-state index is 0.0961. The fraction of sp³-hybridized carbons (Fsp3) is 0.364. The number of amides is 1. The lowest BCUT2D eigenvalue weighted by Gasteiger charge is -2.18. The summed E-state index contributed by atoms with van der Waals surface area (Å²) >= 11 is 0. The summed E-state index contributed by atoms with van der Waals surface area (Å²) in [4.78, 5) is 40.7. The molecule has 0 atom stereocenters. The number of nitrogens with one attached hydrogen (secondary N) is 1. The number of aryl methyl sites for hydroxylation is 1. The molecule has 0 bridgehead atoms. The van der Waals surface area contributed by atoms with Crippen LogP contribution in [0.1, 0.15) is 81.3 Å². The molecule has 28 heavy (non-hydrogen) atoms. The molecule has 1 fully saturated rings. The highest BCUT2D eigenvalue weighted by atomic mass is 16.1. The number of carbonyl (C=O) groups is 2. The predicted octanol–water partition coefficient (Wildman–Crippen LogP) is 2.96. The maximum Gasteiger partial charge on any atom is 0.252 e. The van der Waals surface area contributed by atoms with Gasteiger partial charge in [0.15, 0.2) is 5.78 Å². The molecule has 1 heterocycles. The number of pyridine rings is 1. The number of aromatic nitrogens is 1. The zero-order chi connectivity index (χ0) is 20.6. The van der Waals surface area contributed by atoms with Crippen molar-refractivity contribution < 1.29 is 9.59 Å². The second-order valence-corrected chi connectivity index (χ2v) is 7.75. The minimum atomic E-state index is -0.712. The monoisotopic (exact) mass is 377 g/mol. The largest absolute Gasteiger partial charge is 0.366 e. The molecule has 144 valence electrons. The molecule has 3 rings (SSSR count). The van der Waals surface area contributed by atoms with E-state index in [1.54, 1.807) is 6.92 Å². The molecule has 1 aromatic heterocycles. The first-order valence-corrected chi connectivity index (χ1v) is 9.38. The number of rotatable bonds is 6. The number of hydrogen-bond donors (Lipinski definition) is 2. The smallest absolute Gasteiger partial charge is 0.252 e. The third kappa shape index (κ3) is 3.74. The van der Waals surface area contributed by atoms with E-state index in [2.05, 4.69) is 4.98 Å². The number of ketones is 1. The van der Waals surface area contributed by atoms with Crippen molar-refractivity contribution >= 4 is 11.7 Å². The van der Waals surface area contributed by atoms with E-state index in [4.69, 9.17) is 5.73 Å². The van der Waals surface area contributed by atoms with Gasteiger partial charge in [0.05, 0.1) is 11.6 Å². The summed E-state index contributed by atoms with van der Waals surface area (Å²) in [6, 6.07) is 6.15. The molecule has 6 heteroatoms. The van der Waals surface area contributed by atoms with Gasteiger partial charge in [-0.15, -0.1) is 0 Å². The van der Waals surface area contributed by atoms with Crippen molar-refractivity contribution in [3.63, 3.8) is 0 Å². The number of primary amides is 1. The van der Waals surface area contributed by atoms with Gasteiger partial charge in [0.2, 0.25) is 5.91 Å². The SMILES string of the molecule is Cc1[nH]c(=O)c(C(C)C)c(C(=O)c2cc(C#N)cc(C(N)=O)c2)c1CC1CC1. The van der Waals surface area contributed by atoms with Crippen LogP contribution in [0.15, 0.2) is 23.0 Å². The molecule has 1 aromatic carbocycles. The number of benzene rings is 1. The maximum absolute atomic E-state index is 13.5. The first-order valence-electron chi connectivity index (χ1n) is 9.38. The lowest BCUT2D eigenvalue weighted by molar-refractivity contribution is 0.1000. The molecule has 0 unspecified atom stereocenters. The Hall–Kier alpha value is -3.20. The van der Waals surface area contributed by atoms with Crippen LogP contribution in [0.25, 0.3) is 0 Å². The Labute approximate surface area is 163 Å². The molecule has 2 aromatic rings. The average molecular weight is 377 g/mol. The Balaban J connectivity index is 2.26. The molecular formula is C22H23N3O3. The van der Waals surface area contributed by atoms with Crippen LogP contribution >= 0.6 is 0 Å². The predicted molar refractivity (Wildman–Crippen MR) is 105 cm³/mol. The van der Waals surface area contributed by atoms with E-state index in [1.165, 1.54) is 18.2 Å². The van der Waals surface area contributed by atoms with Crippen LogP contribution in [-0.4, -0.2) is 16.7 Å². The van der Waals surface area contributed by atoms with E-state index in [0.717, 1.165) is 24.8 Å². The van der Waals surface area contributed by atoms with Crippen molar-refractivity contribution in [2.24, 2.45) is 11.7 Å². The highest BCUT2D eigenvalue weighted by Crippen LogP contribution is 2.36. The van der Waals surface area contributed by atoms with Crippen LogP contribution in [0.5, 0.6) is 0 Å². The molecule has 1 amide bonds. The van der Waals surface area contributed by atoms with E-state index >= 15 is 0 Å². The zero-order valence-electron chi connectivity index (χ0n) is 16.3. The Morgan fingerprint density at radius 3 is 2.43 bits per heavy atom. The summed E-state index contributed by atoms with van der Waals surface area (Å²) in [5.41, 5.74) is 7.92. The van der Waals surface area contributed by atoms with Gasteiger partial charge >= 0.3 is 0 Å². The normalized spacial score (nSPS) is 13.4. The van der Waals surface area contributed by atoms with Gasteiger partial charge in [0, 0.05) is 27.9 Å². The van der Waals surface area contributed by atoms with Crippen LogP contribution in [0.2, 0.25) is 0 Å². The van der Waals surface area contributed by atoms with Gasteiger partial charge in [0.25, 0.3) is 5.56 Å². The summed E-state index contributed by atoms with van der Waals surface area (Å²) < 4.78 is 0. The number of aromatic amines is 1. The Kier molecular flexibility index (Phi) is 5.19. The molecule has 0 saturated heterocycles. The molecule has 1 saturated carbocycles. The van der Waals surface area contributed by atoms with E-state index in [1.807, 2.05) is 19.9 Å². The third-order valence-corrected chi connectivity index (χ3v) is 5.17. The maximum atomic E-state index is 13.5. The number of nitrogens with zero attached hydrogens (tertiary/aromatic N) is 1. The summed E-state index contributed by atoms with van der Waals surface area (Å²) in [5.74, 6) is -0.706. The van der Waals surface area contributed by atoms with Gasteiger partial charge in [0.1, 0.15) is 0 Å². The summed E-state index contributed by atoms with van der Waals surface area (Å²) in [6.07, 6.45) is 2.95. The first kappa shape index (κ1) is 19.6. The van der Waals surface area contributed by atoms with Crippen molar-refractivity contribution in [2.45, 2.75) is 46.0 Å². The van der Waals surface area contributed by atoms with Crippen LogP contribution < -0.4 is 11.3 Å². The fourth-order valence-corrected chi connectivity index (χ4v) is 3.56. The quantitative estimate of drug-likeness (QED) is 0.753. The number of nitrogens with two attached hydrogens (primary N) is 1. The number of H-pyrrole nitrogens is 1. The molecule has 0 spiro atoms. The Morgan fingerprint density at radius 2 is 1.89 bits per heavy atom. The van der Waals surface area contributed by atoms with Gasteiger partial charge in [-0.25, -0.2) is 0 Å². The van der Waals surface area contributed by atoms with Gasteiger partial charge in [-0.1, -0.05) is 13.8 Å². The third-order valence-electron chi connectivity index (χ3n) is 5.17. The van der Waals surface area contributed by atoms with Crippen molar-refractivity contribution in [3.8, 4) is 6.07 Å². The highest BCUT2D eigenvalue weighted by molar-refractivity contribution is 6.12. The molecule has 3 N–H and O–H groups in total. The van der Waals surface area contributed by atoms with Gasteiger partial charge in [-0.05, 0) is 61.8 Å². The van der Waals surface area contributed by atoms with Crippen molar-refractivity contribution in [3.05, 3.63) is 67.6 Å². The van der Waals surface area contributed by atoms with E-state index in [9.17, 15) is 19.6 Å². The molecular weight excluding hydrogens is 354 g/mol. The fourth-order valence-electron chi connectivity index (χ4n) is 3.56. The number of carbonyl (C=O) groups excluding carboxylic acids is 2. The summed E-state index contributed by atoms with van der Waals surface area (Å²) in [6.45, 7) is 5.55. The van der Waals surface area contributed by atoms with E-state index < -0.39 is 5.91 Å². The van der Waals surface area contributed by atoms with Crippen LogP contribution in [0.3, 0.4) is 0 Å². The van der Waals surface area contributed by atoms with Crippen molar-refractivity contribution in [1.82, 2.24) is 4.98 Å². The molecule has 0 aliphatic heterocycles. The standard InChI is InChI=1S/C22H23N3O3/c1-11(2)18-19(17(8-13-4-5-13)12(3)25-22(18)28)20(26)15-6-14(10-23)7-16(9-15)21(24)27/h6-7,9,11,13H,4-5,8H2,1-3H3,(H2,24,27)(H,25,28). The van der Waals surface area contributed by atoms with E-state index in [0.29, 0.717) is 22.7 Å². The zero-order valence-corrected chi connectivity index (χ0v) is 16.3. The number of hydrogen-bond acceptors (Lipinski definition) is 4. The van der Waals surface area contributed by atoms with Crippen LogP contribution in [0.4, 0.5) is 0 Å². The number of nitriles is 1. The van der Waals surface area contributed by atoms with Crippen molar-refractivity contribution in [2.75, 3.05) is 0 Å². The van der Waals surface area contributed by atoms with Gasteiger partial charge in [-0.2, -0.15) is 5.26 Å². The second-order valence-electron chi connectivity index (χ2n) is 7.75. The molecule has 0 radical (unpaired) electrons. The molecule has 1 aliphatic carbocycles. The minimum Gasteiger partial charge on any atom is -0.366 e. The summed E-state index contributed by atoms with van der Waals surface area (Å²) in [7, 11) is 0. The Bertz CT molecular complexity index is 1070. The lowest BCUT2D eigenvalue weighted by Crippen LogP contribution is -2.25. The van der Waals surface area contributed by atoms with Crippen LogP contribution in [0, 0.1) is 24.2 Å². The Morgan fingerprint density at radius 1 is 1.25 bits per heavy atom. The molecule has 1 aliphatic rings. The van der Waals surface area contributed by atoms with Gasteiger partial charge < -0.3 is 10.7 Å². The average Bonchev–Trinajstić information content (AvgIpc) is 3.46. The van der Waals surface area contributed by atoms with Crippen molar-refractivity contribution in [1.29, 1.82) is 5.26 Å². The van der Waals surface area contributed by atoms with Crippen LogP contribution in [-0.2, 0) is 6.42 Å². The second kappa shape index (κ2) is 7.43. The molecule has 6 nitrogen and oxygen atoms in total. The summed E-state index contributed by atoms with van der Waals surface area (Å²) in [5, 5.41) is 9.27. The topological polar surface area (TPSA) is 117 Å². The first-order chi connectivity index (χ1) is 13.2.